The van der Waals surface area contributed by atoms with E-state index in [1.165, 1.54) is 11.4 Å². The van der Waals surface area contributed by atoms with Crippen LogP contribution in [0.25, 0.3) is 0 Å². The van der Waals surface area contributed by atoms with Crippen LogP contribution in [0.3, 0.4) is 0 Å². The second-order valence-corrected chi connectivity index (χ2v) is 4.12. The highest BCUT2D eigenvalue weighted by atomic mass is 32.1. The van der Waals surface area contributed by atoms with E-state index in [-0.39, 0.29) is 6.23 Å². The molecule has 2 atom stereocenters. The zero-order valence-electron chi connectivity index (χ0n) is 7.08. The van der Waals surface area contributed by atoms with Gasteiger partial charge >= 0.3 is 0 Å². The highest BCUT2D eigenvalue weighted by molar-refractivity contribution is 7.86. The molecule has 0 radical (unpaired) electrons. The molecule has 1 rings (SSSR count). The summed E-state index contributed by atoms with van der Waals surface area (Å²) in [4.78, 5) is 0. The van der Waals surface area contributed by atoms with Crippen LogP contribution >= 0.6 is 11.4 Å². The number of hydrogen-bond donors (Lipinski definition) is 1. The monoisotopic (exact) mass is 173 g/mol. The molecule has 1 aliphatic rings. The smallest absolute Gasteiger partial charge is 0.120 e. The largest absolute Gasteiger partial charge is 0.377 e. The first-order valence-corrected chi connectivity index (χ1v) is 4.79. The van der Waals surface area contributed by atoms with E-state index >= 15 is 0 Å². The molecule has 0 aromatic carbocycles. The van der Waals surface area contributed by atoms with E-state index in [2.05, 4.69) is 12.1 Å². The number of piperidine rings is 1. The maximum Gasteiger partial charge on any atom is 0.120 e. The molecule has 2 nitrogen and oxygen atoms in total. The lowest BCUT2D eigenvalue weighted by molar-refractivity contribution is 0.0256. The molecule has 3 heteroatoms. The number of rotatable bonds is 0. The van der Waals surface area contributed by atoms with Gasteiger partial charge in [-0.3, -0.25) is 0 Å². The fraction of sp³-hybridized carbons (Fsp3) is 0.875. The molecular formula is C8H15NOS. The van der Waals surface area contributed by atoms with Crippen LogP contribution in [0.15, 0.2) is 0 Å². The van der Waals surface area contributed by atoms with Crippen molar-refractivity contribution in [2.24, 2.45) is 5.92 Å². The Morgan fingerprint density at radius 1 is 1.55 bits per heavy atom. The number of aliphatic hydroxyl groups is 1. The van der Waals surface area contributed by atoms with Crippen LogP contribution in [-0.4, -0.2) is 22.2 Å². The van der Waals surface area contributed by atoms with Crippen LogP contribution in [0.1, 0.15) is 26.7 Å². The van der Waals surface area contributed by atoms with Crippen molar-refractivity contribution in [2.75, 3.05) is 6.54 Å². The average Bonchev–Trinajstić information content (AvgIpc) is 1.98. The zero-order chi connectivity index (χ0) is 8.27. The Morgan fingerprint density at radius 3 is 2.91 bits per heavy atom. The highest BCUT2D eigenvalue weighted by Gasteiger charge is 2.22. The summed E-state index contributed by atoms with van der Waals surface area (Å²) >= 11 is 1.50. The van der Waals surface area contributed by atoms with Crippen LogP contribution in [-0.2, 0) is 0 Å². The van der Waals surface area contributed by atoms with Gasteiger partial charge in [0, 0.05) is 13.5 Å². The lowest BCUT2D eigenvalue weighted by Gasteiger charge is -2.30. The quantitative estimate of drug-likeness (QED) is 0.563. The third-order valence-corrected chi connectivity index (χ3v) is 2.76. The Bertz CT molecular complexity index is 184. The molecule has 64 valence electrons. The number of nitrogens with zero attached hydrogens (tertiary/aromatic N) is 1. The van der Waals surface area contributed by atoms with E-state index in [1.54, 1.807) is 0 Å². The molecular weight excluding hydrogens is 158 g/mol. The first-order valence-electron chi connectivity index (χ1n) is 4.02. The maximum atomic E-state index is 9.48. The van der Waals surface area contributed by atoms with E-state index in [1.807, 2.05) is 11.2 Å². The third-order valence-electron chi connectivity index (χ3n) is 1.95. The average molecular weight is 173 g/mol. The van der Waals surface area contributed by atoms with E-state index in [0.717, 1.165) is 19.4 Å². The summed E-state index contributed by atoms with van der Waals surface area (Å²) < 4.78 is 1.99. The lowest BCUT2D eigenvalue weighted by atomic mass is 10.0. The second kappa shape index (κ2) is 4.07. The first-order chi connectivity index (χ1) is 5.24. The minimum atomic E-state index is -0.261. The molecule has 11 heavy (non-hydrogen) atoms. The molecule has 1 N–H and O–H groups in total. The van der Waals surface area contributed by atoms with Crippen molar-refractivity contribution >= 4 is 11.4 Å². The molecule has 0 aromatic heterocycles. The van der Waals surface area contributed by atoms with Crippen molar-refractivity contribution in [2.45, 2.75) is 32.9 Å². The SMILES string of the molecule is CC#SN1CC(C)CCC1O. The maximum absolute atomic E-state index is 9.48. The van der Waals surface area contributed by atoms with Gasteiger partial charge in [0.05, 0.1) is 0 Å². The third kappa shape index (κ3) is 2.46. The number of aliphatic hydroxyl groups excluding tert-OH is 1. The van der Waals surface area contributed by atoms with Gasteiger partial charge in [0.1, 0.15) is 6.23 Å². The minimum absolute atomic E-state index is 0.261. The van der Waals surface area contributed by atoms with Crippen molar-refractivity contribution in [3.63, 3.8) is 0 Å². The minimum Gasteiger partial charge on any atom is -0.377 e. The highest BCUT2D eigenvalue weighted by Crippen LogP contribution is 2.22. The van der Waals surface area contributed by atoms with E-state index in [0.29, 0.717) is 5.92 Å². The van der Waals surface area contributed by atoms with E-state index < -0.39 is 0 Å². The lowest BCUT2D eigenvalue weighted by Crippen LogP contribution is -2.36. The Balaban J connectivity index is 2.51. The van der Waals surface area contributed by atoms with Crippen molar-refractivity contribution in [1.29, 1.82) is 0 Å². The molecule has 1 saturated heterocycles. The molecule has 0 aromatic rings. The van der Waals surface area contributed by atoms with E-state index in [4.69, 9.17) is 0 Å². The molecule has 0 aliphatic carbocycles. The van der Waals surface area contributed by atoms with Gasteiger partial charge in [-0.1, -0.05) is 12.1 Å². The molecule has 1 heterocycles. The van der Waals surface area contributed by atoms with Crippen molar-refractivity contribution in [1.82, 2.24) is 4.31 Å². The molecule has 1 aliphatic heterocycles. The summed E-state index contributed by atoms with van der Waals surface area (Å²) in [5, 5.41) is 12.5. The molecule has 0 spiro atoms. The predicted molar refractivity (Wildman–Crippen MR) is 48.3 cm³/mol. The van der Waals surface area contributed by atoms with Gasteiger partial charge in [-0.2, -0.15) is 4.31 Å². The summed E-state index contributed by atoms with van der Waals surface area (Å²) in [6, 6.07) is 0. The normalized spacial score (nSPS) is 33.0. The van der Waals surface area contributed by atoms with Crippen LogP contribution in [0.2, 0.25) is 0 Å². The number of hydrogen-bond acceptors (Lipinski definition) is 2. The van der Waals surface area contributed by atoms with Crippen LogP contribution < -0.4 is 0 Å². The Kier molecular flexibility index (Phi) is 3.34. The molecule has 0 amide bonds. The van der Waals surface area contributed by atoms with Gasteiger partial charge in [-0.05, 0) is 30.1 Å². The van der Waals surface area contributed by atoms with Gasteiger partial charge in [0.25, 0.3) is 0 Å². The first kappa shape index (κ1) is 9.01. The summed E-state index contributed by atoms with van der Waals surface area (Å²) in [7, 11) is 0. The van der Waals surface area contributed by atoms with Crippen molar-refractivity contribution in [3.05, 3.63) is 0 Å². The van der Waals surface area contributed by atoms with Crippen LogP contribution in [0, 0.1) is 11.1 Å². The Morgan fingerprint density at radius 2 is 2.27 bits per heavy atom. The summed E-state index contributed by atoms with van der Waals surface area (Å²) in [6.45, 7) is 5.07. The van der Waals surface area contributed by atoms with Crippen LogP contribution in [0.5, 0.6) is 0 Å². The standard InChI is InChI=1S/C8H15NOS/c1-3-11-9-6-7(2)4-5-8(9)10/h7-8,10H,4-6H2,1-2H3. The van der Waals surface area contributed by atoms with Gasteiger partial charge < -0.3 is 5.11 Å². The van der Waals surface area contributed by atoms with Crippen molar-refractivity contribution < 1.29 is 5.11 Å². The summed E-state index contributed by atoms with van der Waals surface area (Å²) in [5.41, 5.74) is 0. The van der Waals surface area contributed by atoms with Crippen molar-refractivity contribution in [3.8, 4) is 5.18 Å². The van der Waals surface area contributed by atoms with Gasteiger partial charge in [-0.25, -0.2) is 0 Å². The molecule has 2 unspecified atom stereocenters. The second-order valence-electron chi connectivity index (χ2n) is 3.06. The zero-order valence-corrected chi connectivity index (χ0v) is 7.90. The summed E-state index contributed by atoms with van der Waals surface area (Å²) in [6.07, 6.45) is 1.78. The Hall–Kier alpha value is -0.0800. The molecule has 1 fully saturated rings. The summed E-state index contributed by atoms with van der Waals surface area (Å²) in [5.74, 6) is 0.708. The van der Waals surface area contributed by atoms with Crippen LogP contribution in [0.4, 0.5) is 0 Å². The molecule has 0 saturated carbocycles. The Labute approximate surface area is 71.9 Å². The molecule has 0 bridgehead atoms. The fourth-order valence-electron chi connectivity index (χ4n) is 1.31. The fourth-order valence-corrected chi connectivity index (χ4v) is 2.10. The topological polar surface area (TPSA) is 23.5 Å². The van der Waals surface area contributed by atoms with Gasteiger partial charge in [0.15, 0.2) is 0 Å². The predicted octanol–water partition coefficient (Wildman–Crippen LogP) is 1.66. The van der Waals surface area contributed by atoms with E-state index in [9.17, 15) is 5.11 Å². The van der Waals surface area contributed by atoms with Gasteiger partial charge in [-0.15, -0.1) is 0 Å². The van der Waals surface area contributed by atoms with Gasteiger partial charge in [0.2, 0.25) is 0 Å².